The van der Waals surface area contributed by atoms with Crippen LogP contribution >= 0.6 is 15.9 Å². The molecule has 0 saturated heterocycles. The Morgan fingerprint density at radius 3 is 2.89 bits per heavy atom. The number of aryl methyl sites for hydroxylation is 2. The third-order valence-electron chi connectivity index (χ3n) is 3.49. The van der Waals surface area contributed by atoms with E-state index in [9.17, 15) is 4.79 Å². The topological polar surface area (TPSA) is 34.9 Å². The van der Waals surface area contributed by atoms with Crippen molar-refractivity contribution in [3.8, 4) is 0 Å². The maximum atomic E-state index is 12.3. The molecule has 0 aliphatic heterocycles. The summed E-state index contributed by atoms with van der Waals surface area (Å²) in [6.45, 7) is 1.95. The largest absolute Gasteiger partial charge is 0.294 e. The molecule has 0 spiro atoms. The van der Waals surface area contributed by atoms with Crippen LogP contribution in [0.1, 0.15) is 43.5 Å². The number of ketones is 1. The van der Waals surface area contributed by atoms with Gasteiger partial charge in [0.05, 0.1) is 22.3 Å². The first-order valence-corrected chi connectivity index (χ1v) is 7.29. The van der Waals surface area contributed by atoms with Crippen molar-refractivity contribution in [2.24, 2.45) is 7.05 Å². The molecule has 0 aromatic carbocycles. The number of hydrogen-bond acceptors (Lipinski definition) is 2. The molecule has 0 amide bonds. The summed E-state index contributed by atoms with van der Waals surface area (Å²) in [4.78, 5) is 12.3. The Balaban J connectivity index is 2.13. The van der Waals surface area contributed by atoms with Crippen molar-refractivity contribution in [2.75, 3.05) is 0 Å². The molecule has 1 aromatic rings. The van der Waals surface area contributed by atoms with Gasteiger partial charge in [-0.05, 0) is 54.1 Å². The predicted molar refractivity (Wildman–Crippen MR) is 75.5 cm³/mol. The van der Waals surface area contributed by atoms with Crippen molar-refractivity contribution < 1.29 is 4.79 Å². The normalized spacial score (nSPS) is 16.3. The number of halogens is 1. The van der Waals surface area contributed by atoms with Crippen molar-refractivity contribution in [2.45, 2.75) is 45.4 Å². The summed E-state index contributed by atoms with van der Waals surface area (Å²) in [6.07, 6.45) is 8.16. The van der Waals surface area contributed by atoms with Crippen molar-refractivity contribution in [1.82, 2.24) is 9.78 Å². The maximum Gasteiger partial charge on any atom is 0.164 e. The first-order valence-electron chi connectivity index (χ1n) is 6.50. The number of allylic oxidation sites excluding steroid dienone is 2. The van der Waals surface area contributed by atoms with E-state index < -0.39 is 0 Å². The zero-order chi connectivity index (χ0) is 13.1. The zero-order valence-corrected chi connectivity index (χ0v) is 12.6. The van der Waals surface area contributed by atoms with Crippen LogP contribution in [0.2, 0.25) is 0 Å². The van der Waals surface area contributed by atoms with Crippen LogP contribution in [0.5, 0.6) is 0 Å². The van der Waals surface area contributed by atoms with E-state index in [1.807, 2.05) is 14.0 Å². The highest BCUT2D eigenvalue weighted by molar-refractivity contribution is 9.10. The molecule has 2 rings (SSSR count). The smallest absolute Gasteiger partial charge is 0.164 e. The summed E-state index contributed by atoms with van der Waals surface area (Å²) >= 11 is 3.51. The second-order valence-electron chi connectivity index (χ2n) is 4.90. The van der Waals surface area contributed by atoms with Gasteiger partial charge in [0.25, 0.3) is 0 Å². The van der Waals surface area contributed by atoms with E-state index in [2.05, 4.69) is 27.1 Å². The monoisotopic (exact) mass is 310 g/mol. The number of rotatable bonds is 3. The fraction of sp³-hybridized carbons (Fsp3) is 0.571. The van der Waals surface area contributed by atoms with Gasteiger partial charge in [-0.15, -0.1) is 0 Å². The molecule has 18 heavy (non-hydrogen) atoms. The molecule has 0 bridgehead atoms. The summed E-state index contributed by atoms with van der Waals surface area (Å²) in [5, 5.41) is 4.33. The van der Waals surface area contributed by atoms with Gasteiger partial charge in [-0.25, -0.2) is 0 Å². The third kappa shape index (κ3) is 2.91. The fourth-order valence-electron chi connectivity index (χ4n) is 2.41. The summed E-state index contributed by atoms with van der Waals surface area (Å²) in [6, 6.07) is 0. The first kappa shape index (κ1) is 13.5. The van der Waals surface area contributed by atoms with E-state index in [4.69, 9.17) is 0 Å². The first-order chi connectivity index (χ1) is 8.59. The highest BCUT2D eigenvalue weighted by Crippen LogP contribution is 2.24. The Morgan fingerprint density at radius 2 is 2.22 bits per heavy atom. The molecule has 1 aromatic heterocycles. The molecule has 98 valence electrons. The summed E-state index contributed by atoms with van der Waals surface area (Å²) in [5.74, 6) is 0.251. The van der Waals surface area contributed by atoms with Crippen molar-refractivity contribution >= 4 is 21.7 Å². The van der Waals surface area contributed by atoms with Crippen LogP contribution in [0, 0.1) is 6.92 Å². The average molecular weight is 311 g/mol. The van der Waals surface area contributed by atoms with Crippen molar-refractivity contribution in [1.29, 1.82) is 0 Å². The Kier molecular flexibility index (Phi) is 4.38. The van der Waals surface area contributed by atoms with Crippen LogP contribution in [-0.2, 0) is 18.3 Å². The van der Waals surface area contributed by atoms with E-state index in [1.165, 1.54) is 12.8 Å². The van der Waals surface area contributed by atoms with Crippen LogP contribution in [-0.4, -0.2) is 15.6 Å². The number of nitrogens with zero attached hydrogens (tertiary/aromatic N) is 2. The molecular weight excluding hydrogens is 292 g/mol. The zero-order valence-electron chi connectivity index (χ0n) is 11.0. The molecule has 3 nitrogen and oxygen atoms in total. The lowest BCUT2D eigenvalue weighted by Gasteiger charge is -2.05. The molecule has 0 saturated carbocycles. The van der Waals surface area contributed by atoms with Crippen LogP contribution < -0.4 is 0 Å². The van der Waals surface area contributed by atoms with E-state index in [1.54, 1.807) is 4.68 Å². The van der Waals surface area contributed by atoms with Gasteiger partial charge < -0.3 is 0 Å². The SMILES string of the molecule is Cc1nn(C)c(CC(=O)C2=CCCCCC2)c1Br. The molecule has 0 fully saturated rings. The highest BCUT2D eigenvalue weighted by atomic mass is 79.9. The molecule has 0 radical (unpaired) electrons. The fourth-order valence-corrected chi connectivity index (χ4v) is 2.88. The number of aromatic nitrogens is 2. The molecular formula is C14H19BrN2O. The Hall–Kier alpha value is -0.900. The lowest BCUT2D eigenvalue weighted by molar-refractivity contribution is -0.115. The maximum absolute atomic E-state index is 12.3. The summed E-state index contributed by atoms with van der Waals surface area (Å²) < 4.78 is 2.77. The standard InChI is InChI=1S/C14H19BrN2O/c1-10-14(15)12(17(2)16-10)9-13(18)11-7-5-3-4-6-8-11/h7H,3-6,8-9H2,1-2H3. The number of carbonyl (C=O) groups is 1. The van der Waals surface area contributed by atoms with Gasteiger partial charge in [-0.2, -0.15) is 5.10 Å². The molecule has 0 atom stereocenters. The third-order valence-corrected chi connectivity index (χ3v) is 4.52. The van der Waals surface area contributed by atoms with Crippen LogP contribution in [0.3, 0.4) is 0 Å². The lowest BCUT2D eigenvalue weighted by Crippen LogP contribution is -2.10. The van der Waals surface area contributed by atoms with Gasteiger partial charge in [0.2, 0.25) is 0 Å². The van der Waals surface area contributed by atoms with E-state index in [-0.39, 0.29) is 5.78 Å². The molecule has 1 aliphatic rings. The quantitative estimate of drug-likeness (QED) is 0.856. The number of Topliss-reactive ketones (excluding diaryl/α,β-unsaturated/α-hetero) is 1. The van der Waals surface area contributed by atoms with Crippen molar-refractivity contribution in [3.63, 3.8) is 0 Å². The minimum atomic E-state index is 0.251. The summed E-state index contributed by atoms with van der Waals surface area (Å²) in [5.41, 5.74) is 2.93. The molecule has 1 heterocycles. The van der Waals surface area contributed by atoms with Crippen LogP contribution in [0.25, 0.3) is 0 Å². The lowest BCUT2D eigenvalue weighted by atomic mass is 10.0. The van der Waals surface area contributed by atoms with Gasteiger partial charge in [0, 0.05) is 7.05 Å². The van der Waals surface area contributed by atoms with E-state index >= 15 is 0 Å². The van der Waals surface area contributed by atoms with Gasteiger partial charge in [-0.1, -0.05) is 12.5 Å². The van der Waals surface area contributed by atoms with E-state index in [0.29, 0.717) is 6.42 Å². The second kappa shape index (κ2) is 5.83. The average Bonchev–Trinajstić information content (AvgIpc) is 2.58. The second-order valence-corrected chi connectivity index (χ2v) is 5.69. The van der Waals surface area contributed by atoms with Crippen LogP contribution in [0.15, 0.2) is 16.1 Å². The molecule has 4 heteroatoms. The highest BCUT2D eigenvalue weighted by Gasteiger charge is 2.17. The molecule has 0 N–H and O–H groups in total. The molecule has 0 unspecified atom stereocenters. The number of carbonyl (C=O) groups excluding carboxylic acids is 1. The Labute approximate surface area is 116 Å². The molecule has 1 aliphatic carbocycles. The van der Waals surface area contributed by atoms with Crippen molar-refractivity contribution in [3.05, 3.63) is 27.5 Å². The van der Waals surface area contributed by atoms with Gasteiger partial charge in [0.15, 0.2) is 5.78 Å². The minimum absolute atomic E-state index is 0.251. The predicted octanol–water partition coefficient (Wildman–Crippen LogP) is 3.49. The summed E-state index contributed by atoms with van der Waals surface area (Å²) in [7, 11) is 1.89. The van der Waals surface area contributed by atoms with Crippen LogP contribution in [0.4, 0.5) is 0 Å². The number of hydrogen-bond donors (Lipinski definition) is 0. The van der Waals surface area contributed by atoms with Gasteiger partial charge in [0.1, 0.15) is 0 Å². The van der Waals surface area contributed by atoms with Gasteiger partial charge >= 0.3 is 0 Å². The Morgan fingerprint density at radius 1 is 1.44 bits per heavy atom. The van der Waals surface area contributed by atoms with Gasteiger partial charge in [-0.3, -0.25) is 9.48 Å². The van der Waals surface area contributed by atoms with E-state index in [0.717, 1.165) is 40.7 Å². The minimum Gasteiger partial charge on any atom is -0.294 e. The Bertz CT molecular complexity index is 488.